The minimum Gasteiger partial charge on any atom is -0.508 e. The van der Waals surface area contributed by atoms with E-state index in [1.54, 1.807) is 39.2 Å². The molecule has 13 heteroatoms. The molecule has 0 radical (unpaired) electrons. The third kappa shape index (κ3) is 8.03. The van der Waals surface area contributed by atoms with Gasteiger partial charge < -0.3 is 40.6 Å². The average Bonchev–Trinajstić information content (AvgIpc) is 3.05. The molecule has 2 atom stereocenters. The Morgan fingerprint density at radius 3 is 2.24 bits per heavy atom. The fourth-order valence-electron chi connectivity index (χ4n) is 4.96. The summed E-state index contributed by atoms with van der Waals surface area (Å²) < 4.78 is 16.1. The van der Waals surface area contributed by atoms with Crippen molar-refractivity contribution in [1.29, 1.82) is 0 Å². The average molecular weight is 726 g/mol. The van der Waals surface area contributed by atoms with Gasteiger partial charge in [-0.05, 0) is 85.3 Å². The maximum atomic E-state index is 12.8. The summed E-state index contributed by atoms with van der Waals surface area (Å²) in [5, 5.41) is 23.0. The number of halogens is 1. The number of benzene rings is 3. The smallest absolute Gasteiger partial charge is 0.338 e. The fourth-order valence-corrected chi connectivity index (χ4v) is 5.92. The monoisotopic (exact) mass is 724 g/mol. The third-order valence-corrected chi connectivity index (χ3v) is 8.18. The van der Waals surface area contributed by atoms with Gasteiger partial charge in [0.2, 0.25) is 0 Å². The van der Waals surface area contributed by atoms with Crippen LogP contribution in [0.3, 0.4) is 0 Å². The molecule has 2 aliphatic heterocycles. The molecule has 10 nitrogen and oxygen atoms in total. The van der Waals surface area contributed by atoms with Crippen molar-refractivity contribution in [3.05, 3.63) is 111 Å². The maximum absolute atomic E-state index is 12.8. The van der Waals surface area contributed by atoms with E-state index in [4.69, 9.17) is 38.6 Å². The van der Waals surface area contributed by atoms with Crippen LogP contribution >= 0.6 is 40.4 Å². The highest BCUT2D eigenvalue weighted by atomic mass is 79.9. The van der Waals surface area contributed by atoms with Gasteiger partial charge in [0.1, 0.15) is 11.5 Å². The van der Waals surface area contributed by atoms with E-state index < -0.39 is 18.0 Å². The van der Waals surface area contributed by atoms with E-state index in [2.05, 4.69) is 37.2 Å². The van der Waals surface area contributed by atoms with Crippen molar-refractivity contribution in [1.82, 2.24) is 21.3 Å². The van der Waals surface area contributed by atoms with Gasteiger partial charge in [-0.25, -0.2) is 9.59 Å². The predicted octanol–water partition coefficient (Wildman–Crippen LogP) is 5.31. The van der Waals surface area contributed by atoms with Gasteiger partial charge in [-0.1, -0.05) is 58.4 Å². The van der Waals surface area contributed by atoms with Crippen LogP contribution in [0.5, 0.6) is 11.5 Å². The van der Waals surface area contributed by atoms with Crippen molar-refractivity contribution in [2.24, 2.45) is 0 Å². The van der Waals surface area contributed by atoms with Crippen molar-refractivity contribution in [2.75, 3.05) is 20.8 Å². The van der Waals surface area contributed by atoms with Gasteiger partial charge in [0.05, 0.1) is 49.8 Å². The first-order valence-electron chi connectivity index (χ1n) is 14.1. The number of hydrogen-bond donors (Lipinski definition) is 5. The Labute approximate surface area is 286 Å². The van der Waals surface area contributed by atoms with Crippen LogP contribution in [0, 0.1) is 0 Å². The van der Waals surface area contributed by atoms with Crippen LogP contribution < -0.4 is 26.0 Å². The van der Waals surface area contributed by atoms with Crippen LogP contribution in [-0.2, 0) is 19.1 Å². The molecular weight excluding hydrogens is 692 g/mol. The summed E-state index contributed by atoms with van der Waals surface area (Å²) in [6, 6.07) is 20.9. The lowest BCUT2D eigenvalue weighted by Crippen LogP contribution is -2.45. The summed E-state index contributed by atoms with van der Waals surface area (Å²) in [5.74, 6) is -0.0264. The van der Waals surface area contributed by atoms with Crippen molar-refractivity contribution < 1.29 is 28.9 Å². The van der Waals surface area contributed by atoms with Gasteiger partial charge in [-0.2, -0.15) is 0 Å². The minimum absolute atomic E-state index is 0.0962. The Morgan fingerprint density at radius 2 is 1.57 bits per heavy atom. The van der Waals surface area contributed by atoms with E-state index in [9.17, 15) is 14.7 Å². The Bertz CT molecular complexity index is 1710. The van der Waals surface area contributed by atoms with Crippen LogP contribution in [0.25, 0.3) is 5.70 Å². The molecule has 240 valence electrons. The number of phenolic OH excluding ortho intramolecular Hbond substituents is 1. The highest BCUT2D eigenvalue weighted by molar-refractivity contribution is 9.10. The first kappa shape index (κ1) is 34.4. The van der Waals surface area contributed by atoms with Crippen LogP contribution in [0.1, 0.15) is 42.6 Å². The molecule has 0 bridgehead atoms. The Kier molecular flexibility index (Phi) is 11.7. The van der Waals surface area contributed by atoms with Crippen molar-refractivity contribution in [3.8, 4) is 11.5 Å². The normalized spacial score (nSPS) is 17.3. The molecular formula is C33H33BrN4O6S2. The SMILES string of the molecule is CCOC(=O)C1=C(c2ccccc2)NC(=S)NC1c1cc(O)ccc1Br.COC(=O)C1=C(C)NC(=S)NC1c1cccc(OC)c1. The molecule has 2 unspecified atom stereocenters. The number of methoxy groups -OCH3 is 2. The van der Waals surface area contributed by atoms with Gasteiger partial charge in [-0.15, -0.1) is 0 Å². The first-order chi connectivity index (χ1) is 22.1. The Morgan fingerprint density at radius 1 is 0.870 bits per heavy atom. The molecule has 2 aliphatic rings. The van der Waals surface area contributed by atoms with Crippen LogP contribution in [0.15, 0.2) is 94.1 Å². The van der Waals surface area contributed by atoms with Crippen LogP contribution in [0.4, 0.5) is 0 Å². The molecule has 0 aliphatic carbocycles. The fraction of sp³-hybridized carbons (Fsp3) is 0.212. The van der Waals surface area contributed by atoms with Crippen LogP contribution in [-0.4, -0.2) is 48.1 Å². The largest absolute Gasteiger partial charge is 0.508 e. The van der Waals surface area contributed by atoms with Gasteiger partial charge in [0.15, 0.2) is 10.2 Å². The van der Waals surface area contributed by atoms with Gasteiger partial charge in [0.25, 0.3) is 0 Å². The lowest BCUT2D eigenvalue weighted by Gasteiger charge is -2.31. The predicted molar refractivity (Wildman–Crippen MR) is 187 cm³/mol. The molecule has 2 heterocycles. The topological polar surface area (TPSA) is 130 Å². The number of aromatic hydroxyl groups is 1. The van der Waals surface area contributed by atoms with Gasteiger partial charge >= 0.3 is 11.9 Å². The molecule has 0 saturated carbocycles. The molecule has 5 rings (SSSR count). The Hall–Kier alpha value is -4.46. The quantitative estimate of drug-likeness (QED) is 0.160. The zero-order valence-electron chi connectivity index (χ0n) is 25.5. The zero-order valence-corrected chi connectivity index (χ0v) is 28.7. The highest BCUT2D eigenvalue weighted by Gasteiger charge is 2.34. The molecule has 46 heavy (non-hydrogen) atoms. The number of ether oxygens (including phenoxy) is 3. The van der Waals surface area contributed by atoms with Crippen LogP contribution in [0.2, 0.25) is 0 Å². The summed E-state index contributed by atoms with van der Waals surface area (Å²) in [6.07, 6.45) is 0. The van der Waals surface area contributed by atoms with Gasteiger partial charge in [0, 0.05) is 10.2 Å². The molecule has 0 amide bonds. The number of carbonyl (C=O) groups is 2. The number of hydrogen-bond acceptors (Lipinski definition) is 8. The number of esters is 2. The van der Waals surface area contributed by atoms with E-state index in [1.165, 1.54) is 7.11 Å². The summed E-state index contributed by atoms with van der Waals surface area (Å²) in [7, 11) is 2.96. The zero-order chi connectivity index (χ0) is 33.4. The number of thiocarbonyl (C=S) groups is 2. The lowest BCUT2D eigenvalue weighted by molar-refractivity contribution is -0.139. The summed E-state index contributed by atoms with van der Waals surface area (Å²) in [5.41, 5.74) is 4.58. The molecule has 0 aromatic heterocycles. The second-order valence-corrected chi connectivity index (χ2v) is 11.6. The first-order valence-corrected chi connectivity index (χ1v) is 15.7. The molecule has 3 aromatic carbocycles. The van der Waals surface area contributed by atoms with E-state index in [-0.39, 0.29) is 18.4 Å². The molecule has 0 saturated heterocycles. The van der Waals surface area contributed by atoms with Crippen molar-refractivity contribution in [3.63, 3.8) is 0 Å². The second kappa shape index (κ2) is 15.7. The number of phenols is 1. The maximum Gasteiger partial charge on any atom is 0.338 e. The minimum atomic E-state index is -0.570. The molecule has 3 aromatic rings. The lowest BCUT2D eigenvalue weighted by atomic mass is 9.92. The van der Waals surface area contributed by atoms with E-state index in [1.807, 2.05) is 54.6 Å². The molecule has 5 N–H and O–H groups in total. The van der Waals surface area contributed by atoms with Crippen molar-refractivity contribution >= 4 is 68.2 Å². The Balaban J connectivity index is 0.000000216. The number of carbonyl (C=O) groups excluding carboxylic acids is 2. The van der Waals surface area contributed by atoms with E-state index >= 15 is 0 Å². The third-order valence-electron chi connectivity index (χ3n) is 7.02. The number of rotatable bonds is 7. The summed E-state index contributed by atoms with van der Waals surface area (Å²) >= 11 is 14.0. The molecule has 0 spiro atoms. The number of nitrogens with one attached hydrogen (secondary N) is 4. The molecule has 0 fully saturated rings. The van der Waals surface area contributed by atoms with Gasteiger partial charge in [-0.3, -0.25) is 0 Å². The second-order valence-electron chi connectivity index (χ2n) is 9.95. The highest BCUT2D eigenvalue weighted by Crippen LogP contribution is 2.37. The van der Waals surface area contributed by atoms with E-state index in [0.29, 0.717) is 38.3 Å². The summed E-state index contributed by atoms with van der Waals surface area (Å²) in [6.45, 7) is 3.81. The number of allylic oxidation sites excluding steroid dienone is 1. The summed E-state index contributed by atoms with van der Waals surface area (Å²) in [4.78, 5) is 24.8. The van der Waals surface area contributed by atoms with E-state index in [0.717, 1.165) is 21.3 Å². The van der Waals surface area contributed by atoms with Crippen molar-refractivity contribution in [2.45, 2.75) is 25.9 Å². The standard InChI is InChI=1S/C19H17BrN2O3S.C14H16N2O3S/c1-2-25-18(24)15-16(11-6-4-3-5-7-11)21-19(26)22-17(15)13-10-12(23)8-9-14(13)20;1-8-11(13(17)19-3)12(16-14(20)15-8)9-5-4-6-10(7-9)18-2/h3-10,17,23H,2H2,1H3,(H2,21,22,26);4-7,12H,1-3H3,(H2,15,16,20).